The SMILES string of the molecule is COC(=O)C(O)C(C)(C)c1cn(C)nc1C. The molecule has 1 aromatic rings. The summed E-state index contributed by atoms with van der Waals surface area (Å²) in [5.41, 5.74) is 0.925. The van der Waals surface area contributed by atoms with Crippen molar-refractivity contribution < 1.29 is 14.6 Å². The van der Waals surface area contributed by atoms with E-state index < -0.39 is 17.5 Å². The molecule has 5 heteroatoms. The van der Waals surface area contributed by atoms with Gasteiger partial charge in [0.05, 0.1) is 12.8 Å². The lowest BCUT2D eigenvalue weighted by molar-refractivity contribution is -0.153. The summed E-state index contributed by atoms with van der Waals surface area (Å²) >= 11 is 0. The number of hydrogen-bond donors (Lipinski definition) is 1. The molecular weight excluding hydrogens is 208 g/mol. The number of esters is 1. The van der Waals surface area contributed by atoms with Crippen molar-refractivity contribution in [1.82, 2.24) is 9.78 Å². The number of nitrogens with zero attached hydrogens (tertiary/aromatic N) is 2. The van der Waals surface area contributed by atoms with Crippen molar-refractivity contribution in [3.05, 3.63) is 17.5 Å². The summed E-state index contributed by atoms with van der Waals surface area (Å²) in [5, 5.41) is 14.1. The van der Waals surface area contributed by atoms with Gasteiger partial charge < -0.3 is 9.84 Å². The van der Waals surface area contributed by atoms with Crippen LogP contribution in [0.15, 0.2) is 6.20 Å². The van der Waals surface area contributed by atoms with Gasteiger partial charge in [0.2, 0.25) is 0 Å². The minimum atomic E-state index is -1.19. The molecule has 1 aromatic heterocycles. The number of methoxy groups -OCH3 is 1. The van der Waals surface area contributed by atoms with Gasteiger partial charge in [-0.05, 0) is 6.92 Å². The number of rotatable bonds is 3. The monoisotopic (exact) mass is 226 g/mol. The molecule has 0 bridgehead atoms. The molecule has 0 amide bonds. The van der Waals surface area contributed by atoms with Crippen LogP contribution < -0.4 is 0 Å². The first-order valence-corrected chi connectivity index (χ1v) is 5.07. The summed E-state index contributed by atoms with van der Waals surface area (Å²) < 4.78 is 6.21. The normalized spacial score (nSPS) is 13.6. The lowest BCUT2D eigenvalue weighted by Gasteiger charge is -2.28. The van der Waals surface area contributed by atoms with Crippen LogP contribution in [0.5, 0.6) is 0 Å². The molecule has 0 aliphatic carbocycles. The van der Waals surface area contributed by atoms with Crippen LogP contribution in [-0.4, -0.2) is 34.1 Å². The fourth-order valence-electron chi connectivity index (χ4n) is 1.79. The van der Waals surface area contributed by atoms with Crippen LogP contribution in [0.4, 0.5) is 0 Å². The third kappa shape index (κ3) is 2.09. The molecule has 0 saturated heterocycles. The molecule has 0 radical (unpaired) electrons. The van der Waals surface area contributed by atoms with Crippen molar-refractivity contribution in [1.29, 1.82) is 0 Å². The Kier molecular flexibility index (Phi) is 3.38. The minimum absolute atomic E-state index is 0.631. The number of ether oxygens (including phenoxy) is 1. The predicted molar refractivity (Wildman–Crippen MR) is 59.0 cm³/mol. The zero-order valence-electron chi connectivity index (χ0n) is 10.3. The summed E-state index contributed by atoms with van der Waals surface area (Å²) in [5.74, 6) is -0.631. The Morgan fingerprint density at radius 3 is 2.56 bits per heavy atom. The highest BCUT2D eigenvalue weighted by molar-refractivity contribution is 5.76. The van der Waals surface area contributed by atoms with E-state index in [2.05, 4.69) is 9.84 Å². The lowest BCUT2D eigenvalue weighted by atomic mass is 9.79. The van der Waals surface area contributed by atoms with Crippen molar-refractivity contribution in [2.75, 3.05) is 7.11 Å². The Balaban J connectivity index is 3.10. The van der Waals surface area contributed by atoms with Crippen LogP contribution in [-0.2, 0) is 22.0 Å². The summed E-state index contributed by atoms with van der Waals surface area (Å²) in [6.45, 7) is 5.43. The van der Waals surface area contributed by atoms with Crippen molar-refractivity contribution >= 4 is 5.97 Å². The molecule has 0 spiro atoms. The number of aromatic nitrogens is 2. The van der Waals surface area contributed by atoms with Gasteiger partial charge in [-0.15, -0.1) is 0 Å². The van der Waals surface area contributed by atoms with Gasteiger partial charge in [-0.2, -0.15) is 5.10 Å². The zero-order chi connectivity index (χ0) is 12.5. The van der Waals surface area contributed by atoms with Crippen LogP contribution >= 0.6 is 0 Å². The van der Waals surface area contributed by atoms with Gasteiger partial charge in [0.15, 0.2) is 6.10 Å². The first-order valence-electron chi connectivity index (χ1n) is 5.07. The fourth-order valence-corrected chi connectivity index (χ4v) is 1.79. The van der Waals surface area contributed by atoms with Gasteiger partial charge in [-0.3, -0.25) is 4.68 Å². The Morgan fingerprint density at radius 1 is 1.62 bits per heavy atom. The van der Waals surface area contributed by atoms with E-state index in [0.29, 0.717) is 0 Å². The molecule has 0 saturated carbocycles. The predicted octanol–water partition coefficient (Wildman–Crippen LogP) is 0.540. The Hall–Kier alpha value is -1.36. The van der Waals surface area contributed by atoms with Crippen molar-refractivity contribution in [3.8, 4) is 0 Å². The Bertz CT molecular complexity index is 396. The largest absolute Gasteiger partial charge is 0.467 e. The molecule has 0 aromatic carbocycles. The highest BCUT2D eigenvalue weighted by Crippen LogP contribution is 2.29. The summed E-state index contributed by atoms with van der Waals surface area (Å²) in [7, 11) is 3.06. The molecule has 1 heterocycles. The van der Waals surface area contributed by atoms with Gasteiger partial charge in [0.1, 0.15) is 0 Å². The summed E-state index contributed by atoms with van der Waals surface area (Å²) in [6.07, 6.45) is 0.613. The van der Waals surface area contributed by atoms with Crippen molar-refractivity contribution in [3.63, 3.8) is 0 Å². The van der Waals surface area contributed by atoms with Crippen molar-refractivity contribution in [2.24, 2.45) is 7.05 Å². The topological polar surface area (TPSA) is 64.3 Å². The maximum atomic E-state index is 11.4. The number of carbonyl (C=O) groups is 1. The van der Waals surface area contributed by atoms with Crippen LogP contribution in [0.2, 0.25) is 0 Å². The molecule has 1 atom stereocenters. The molecule has 0 aliphatic rings. The molecular formula is C11H18N2O3. The van der Waals surface area contributed by atoms with E-state index in [1.54, 1.807) is 25.6 Å². The zero-order valence-corrected chi connectivity index (χ0v) is 10.3. The first kappa shape index (κ1) is 12.7. The number of aliphatic hydroxyl groups excluding tert-OH is 1. The second-order valence-corrected chi connectivity index (χ2v) is 4.45. The maximum Gasteiger partial charge on any atom is 0.335 e. The number of hydrogen-bond acceptors (Lipinski definition) is 4. The highest BCUT2D eigenvalue weighted by atomic mass is 16.5. The molecule has 16 heavy (non-hydrogen) atoms. The van der Waals surface area contributed by atoms with E-state index >= 15 is 0 Å². The molecule has 5 nitrogen and oxygen atoms in total. The standard InChI is InChI=1S/C11H18N2O3/c1-7-8(6-13(4)12-7)11(2,3)9(14)10(15)16-5/h6,9,14H,1-5H3. The molecule has 1 N–H and O–H groups in total. The van der Waals surface area contributed by atoms with E-state index in [1.165, 1.54) is 7.11 Å². The average molecular weight is 226 g/mol. The maximum absolute atomic E-state index is 11.4. The summed E-state index contributed by atoms with van der Waals surface area (Å²) in [4.78, 5) is 11.4. The van der Waals surface area contributed by atoms with Crippen LogP contribution in [0.25, 0.3) is 0 Å². The van der Waals surface area contributed by atoms with Crippen molar-refractivity contribution in [2.45, 2.75) is 32.3 Å². The van der Waals surface area contributed by atoms with E-state index in [1.807, 2.05) is 13.1 Å². The van der Waals surface area contributed by atoms with E-state index in [-0.39, 0.29) is 0 Å². The lowest BCUT2D eigenvalue weighted by Crippen LogP contribution is -2.40. The van der Waals surface area contributed by atoms with Crippen LogP contribution in [0.3, 0.4) is 0 Å². The molecule has 90 valence electrons. The third-order valence-corrected chi connectivity index (χ3v) is 2.82. The second kappa shape index (κ2) is 4.25. The highest BCUT2D eigenvalue weighted by Gasteiger charge is 2.38. The Morgan fingerprint density at radius 2 is 2.19 bits per heavy atom. The fraction of sp³-hybridized carbons (Fsp3) is 0.636. The smallest absolute Gasteiger partial charge is 0.335 e. The van der Waals surface area contributed by atoms with E-state index in [0.717, 1.165) is 11.3 Å². The summed E-state index contributed by atoms with van der Waals surface area (Å²) in [6, 6.07) is 0. The quantitative estimate of drug-likeness (QED) is 0.764. The molecule has 0 fully saturated rings. The third-order valence-electron chi connectivity index (χ3n) is 2.82. The van der Waals surface area contributed by atoms with Gasteiger partial charge in [0, 0.05) is 24.2 Å². The van der Waals surface area contributed by atoms with E-state index in [9.17, 15) is 9.90 Å². The van der Waals surface area contributed by atoms with Gasteiger partial charge in [-0.1, -0.05) is 13.8 Å². The van der Waals surface area contributed by atoms with Gasteiger partial charge >= 0.3 is 5.97 Å². The molecule has 0 aliphatic heterocycles. The molecule has 1 unspecified atom stereocenters. The average Bonchev–Trinajstić information content (AvgIpc) is 2.56. The van der Waals surface area contributed by atoms with Crippen LogP contribution in [0, 0.1) is 6.92 Å². The second-order valence-electron chi connectivity index (χ2n) is 4.45. The van der Waals surface area contributed by atoms with Crippen LogP contribution in [0.1, 0.15) is 25.1 Å². The Labute approximate surface area is 95.0 Å². The van der Waals surface area contributed by atoms with Gasteiger partial charge in [-0.25, -0.2) is 4.79 Å². The number of aryl methyl sites for hydroxylation is 2. The molecule has 1 rings (SSSR count). The number of carbonyl (C=O) groups excluding carboxylic acids is 1. The van der Waals surface area contributed by atoms with Gasteiger partial charge in [0.25, 0.3) is 0 Å². The number of aliphatic hydroxyl groups is 1. The van der Waals surface area contributed by atoms with E-state index in [4.69, 9.17) is 0 Å². The first-order chi connectivity index (χ1) is 7.30. The minimum Gasteiger partial charge on any atom is -0.467 e.